The quantitative estimate of drug-likeness (QED) is 0.312. The summed E-state index contributed by atoms with van der Waals surface area (Å²) in [5, 5.41) is 5.22. The molecule has 0 aromatic heterocycles. The standard InChI is InChI=1S/C31H39N2/c1-20(2)25-14-11-15-26(21(3)4)30(25)32-19-24-13-9-10-18-29(24)33-31-27(22(5)6)16-12-17-28(31)23(7)8/h9-23H,1-8H3/q-1. The SMILES string of the molecule is CC(C)c1cccc(C(C)C)c1N=Cc1ccccc1[N-]c1c(C(C)C)cccc1C(C)C. The first kappa shape index (κ1) is 24.8. The molecule has 0 saturated carbocycles. The van der Waals surface area contributed by atoms with Crippen molar-refractivity contribution in [3.05, 3.63) is 93.8 Å². The molecule has 0 unspecified atom stereocenters. The van der Waals surface area contributed by atoms with Crippen LogP contribution in [-0.4, -0.2) is 6.21 Å². The molecule has 174 valence electrons. The Balaban J connectivity index is 2.07. The lowest BCUT2D eigenvalue weighted by Gasteiger charge is -2.33. The van der Waals surface area contributed by atoms with Crippen LogP contribution >= 0.6 is 0 Å². The van der Waals surface area contributed by atoms with E-state index in [1.807, 2.05) is 6.21 Å². The van der Waals surface area contributed by atoms with Gasteiger partial charge in [-0.2, -0.15) is 0 Å². The van der Waals surface area contributed by atoms with Crippen LogP contribution in [0.1, 0.15) is 107 Å². The summed E-state index contributed by atoms with van der Waals surface area (Å²) in [4.78, 5) is 5.05. The minimum atomic E-state index is 0.412. The van der Waals surface area contributed by atoms with Gasteiger partial charge in [0, 0.05) is 6.21 Å². The maximum Gasteiger partial charge on any atom is 0.0699 e. The molecular weight excluding hydrogens is 400 g/mol. The van der Waals surface area contributed by atoms with Gasteiger partial charge in [-0.05, 0) is 40.4 Å². The zero-order valence-corrected chi connectivity index (χ0v) is 21.6. The smallest absolute Gasteiger partial charge is 0.0699 e. The normalized spacial score (nSPS) is 12.0. The monoisotopic (exact) mass is 439 g/mol. The van der Waals surface area contributed by atoms with Crippen LogP contribution in [0.3, 0.4) is 0 Å². The first-order valence-corrected chi connectivity index (χ1v) is 12.3. The molecule has 3 aromatic rings. The lowest BCUT2D eigenvalue weighted by atomic mass is 9.92. The third-order valence-electron chi connectivity index (χ3n) is 6.19. The molecule has 2 heteroatoms. The molecule has 0 saturated heterocycles. The lowest BCUT2D eigenvalue weighted by Crippen LogP contribution is -1.97. The van der Waals surface area contributed by atoms with Crippen molar-refractivity contribution in [2.75, 3.05) is 0 Å². The predicted molar refractivity (Wildman–Crippen MR) is 146 cm³/mol. The predicted octanol–water partition coefficient (Wildman–Crippen LogP) is 10.3. The summed E-state index contributed by atoms with van der Waals surface area (Å²) >= 11 is 0. The van der Waals surface area contributed by atoms with Crippen molar-refractivity contribution < 1.29 is 0 Å². The summed E-state index contributed by atoms with van der Waals surface area (Å²) in [5.41, 5.74) is 9.37. The Labute approximate surface area is 201 Å². The maximum absolute atomic E-state index is 5.22. The molecule has 0 aliphatic carbocycles. The Hall–Kier alpha value is -2.87. The molecule has 0 spiro atoms. The van der Waals surface area contributed by atoms with Gasteiger partial charge in [0.1, 0.15) is 0 Å². The average Bonchev–Trinajstić information content (AvgIpc) is 2.77. The molecule has 0 amide bonds. The molecule has 0 N–H and O–H groups in total. The van der Waals surface area contributed by atoms with Crippen LogP contribution in [0, 0.1) is 0 Å². The zero-order chi connectivity index (χ0) is 24.1. The van der Waals surface area contributed by atoms with E-state index < -0.39 is 0 Å². The fourth-order valence-corrected chi connectivity index (χ4v) is 4.25. The maximum atomic E-state index is 5.22. The third kappa shape index (κ3) is 5.74. The Morgan fingerprint density at radius 3 is 1.52 bits per heavy atom. The van der Waals surface area contributed by atoms with E-state index in [1.165, 1.54) is 22.3 Å². The van der Waals surface area contributed by atoms with Crippen molar-refractivity contribution >= 4 is 23.3 Å². The van der Waals surface area contributed by atoms with Gasteiger partial charge in [-0.1, -0.05) is 127 Å². The fourth-order valence-electron chi connectivity index (χ4n) is 4.25. The van der Waals surface area contributed by atoms with E-state index in [4.69, 9.17) is 10.3 Å². The Morgan fingerprint density at radius 2 is 1.03 bits per heavy atom. The number of para-hydroxylation sites is 3. The molecule has 3 aromatic carbocycles. The van der Waals surface area contributed by atoms with Crippen LogP contribution in [-0.2, 0) is 0 Å². The molecule has 0 fully saturated rings. The summed E-state index contributed by atoms with van der Waals surface area (Å²) in [6.07, 6.45) is 2.00. The highest BCUT2D eigenvalue weighted by Crippen LogP contribution is 2.43. The molecule has 0 heterocycles. The molecule has 3 rings (SSSR count). The molecule has 0 radical (unpaired) electrons. The number of aliphatic imine (C=N–C) groups is 1. The molecule has 2 nitrogen and oxygen atoms in total. The summed E-state index contributed by atoms with van der Waals surface area (Å²) in [7, 11) is 0. The molecular formula is C31H39N2-. The Kier molecular flexibility index (Phi) is 8.13. The zero-order valence-electron chi connectivity index (χ0n) is 21.6. The van der Waals surface area contributed by atoms with E-state index in [9.17, 15) is 0 Å². The van der Waals surface area contributed by atoms with Gasteiger partial charge in [-0.15, -0.1) is 11.4 Å². The van der Waals surface area contributed by atoms with E-state index in [1.54, 1.807) is 0 Å². The molecule has 0 atom stereocenters. The third-order valence-corrected chi connectivity index (χ3v) is 6.19. The van der Waals surface area contributed by atoms with Gasteiger partial charge in [0.25, 0.3) is 0 Å². The van der Waals surface area contributed by atoms with Crippen molar-refractivity contribution in [1.29, 1.82) is 0 Å². The molecule has 0 aliphatic heterocycles. The number of hydrogen-bond acceptors (Lipinski definition) is 1. The summed E-state index contributed by atoms with van der Waals surface area (Å²) in [5.74, 6) is 1.66. The molecule has 0 bridgehead atoms. The van der Waals surface area contributed by atoms with E-state index in [0.29, 0.717) is 23.7 Å². The summed E-state index contributed by atoms with van der Waals surface area (Å²) in [6.45, 7) is 17.9. The molecule has 0 aliphatic rings. The van der Waals surface area contributed by atoms with Crippen molar-refractivity contribution in [3.63, 3.8) is 0 Å². The van der Waals surface area contributed by atoms with Gasteiger partial charge < -0.3 is 5.32 Å². The van der Waals surface area contributed by atoms with Crippen LogP contribution in [0.5, 0.6) is 0 Å². The summed E-state index contributed by atoms with van der Waals surface area (Å²) < 4.78 is 0. The minimum absolute atomic E-state index is 0.412. The largest absolute Gasteiger partial charge is 0.657 e. The van der Waals surface area contributed by atoms with Crippen molar-refractivity contribution in [2.24, 2.45) is 4.99 Å². The van der Waals surface area contributed by atoms with Gasteiger partial charge >= 0.3 is 0 Å². The van der Waals surface area contributed by atoms with E-state index in [0.717, 1.165) is 22.6 Å². The van der Waals surface area contributed by atoms with Gasteiger partial charge in [0.15, 0.2) is 0 Å². The van der Waals surface area contributed by atoms with Gasteiger partial charge in [0.2, 0.25) is 0 Å². The van der Waals surface area contributed by atoms with Gasteiger partial charge in [0.05, 0.1) is 5.69 Å². The second-order valence-corrected chi connectivity index (χ2v) is 10.1. The van der Waals surface area contributed by atoms with Crippen molar-refractivity contribution in [3.8, 4) is 0 Å². The second-order valence-electron chi connectivity index (χ2n) is 10.1. The lowest BCUT2D eigenvalue weighted by molar-refractivity contribution is 0.835. The summed E-state index contributed by atoms with van der Waals surface area (Å²) in [6, 6.07) is 21.5. The second kappa shape index (κ2) is 10.8. The number of nitrogens with zero attached hydrogens (tertiary/aromatic N) is 2. The van der Waals surface area contributed by atoms with Gasteiger partial charge in [-0.25, -0.2) is 0 Å². The van der Waals surface area contributed by atoms with Crippen molar-refractivity contribution in [1.82, 2.24) is 0 Å². The highest BCUT2D eigenvalue weighted by Gasteiger charge is 2.13. The van der Waals surface area contributed by atoms with E-state index in [2.05, 4.69) is 116 Å². The fraction of sp³-hybridized carbons (Fsp3) is 0.387. The van der Waals surface area contributed by atoms with Crippen LogP contribution in [0.4, 0.5) is 17.1 Å². The number of benzene rings is 3. The Morgan fingerprint density at radius 1 is 0.576 bits per heavy atom. The van der Waals surface area contributed by atoms with Crippen LogP contribution in [0.25, 0.3) is 5.32 Å². The first-order valence-electron chi connectivity index (χ1n) is 12.3. The van der Waals surface area contributed by atoms with Crippen LogP contribution < -0.4 is 0 Å². The van der Waals surface area contributed by atoms with E-state index >= 15 is 0 Å². The van der Waals surface area contributed by atoms with Gasteiger partial charge in [-0.3, -0.25) is 4.99 Å². The number of rotatable bonds is 8. The minimum Gasteiger partial charge on any atom is -0.657 e. The average molecular weight is 440 g/mol. The first-order chi connectivity index (χ1) is 15.7. The van der Waals surface area contributed by atoms with Crippen molar-refractivity contribution in [2.45, 2.75) is 79.1 Å². The Bertz CT molecular complexity index is 1050. The number of hydrogen-bond donors (Lipinski definition) is 0. The highest BCUT2D eigenvalue weighted by molar-refractivity contribution is 5.93. The van der Waals surface area contributed by atoms with E-state index in [-0.39, 0.29) is 0 Å². The van der Waals surface area contributed by atoms with Crippen LogP contribution in [0.2, 0.25) is 0 Å². The molecule has 33 heavy (non-hydrogen) atoms. The highest BCUT2D eigenvalue weighted by atomic mass is 14.9. The van der Waals surface area contributed by atoms with Crippen LogP contribution in [0.15, 0.2) is 65.7 Å². The topological polar surface area (TPSA) is 26.5 Å².